The minimum atomic E-state index is -2.91. The van der Waals surface area contributed by atoms with Crippen molar-refractivity contribution in [2.45, 2.75) is 44.9 Å². The van der Waals surface area contributed by atoms with Crippen molar-refractivity contribution >= 4 is 28.4 Å². The van der Waals surface area contributed by atoms with Gasteiger partial charge in [-0.3, -0.25) is 9.78 Å². The van der Waals surface area contributed by atoms with Crippen molar-refractivity contribution in [2.24, 2.45) is 13.0 Å². The van der Waals surface area contributed by atoms with Crippen LogP contribution in [-0.2, 0) is 22.7 Å². The molecule has 174 valence electrons. The van der Waals surface area contributed by atoms with E-state index in [9.17, 15) is 13.2 Å². The van der Waals surface area contributed by atoms with E-state index in [0.717, 1.165) is 41.2 Å². The lowest BCUT2D eigenvalue weighted by Gasteiger charge is -2.28. The maximum atomic E-state index is 11.9. The largest absolute Gasteiger partial charge is 0.481 e. The topological polar surface area (TPSA) is 105 Å². The van der Waals surface area contributed by atoms with Gasteiger partial charge in [0.15, 0.2) is 5.82 Å². The zero-order valence-corrected chi connectivity index (χ0v) is 19.6. The summed E-state index contributed by atoms with van der Waals surface area (Å²) in [6.07, 6.45) is 7.42. The van der Waals surface area contributed by atoms with Crippen LogP contribution < -0.4 is 4.31 Å². The van der Waals surface area contributed by atoms with Gasteiger partial charge in [-0.15, -0.1) is 0 Å². The molecule has 0 bridgehead atoms. The van der Waals surface area contributed by atoms with Crippen LogP contribution in [0.4, 0.5) is 11.5 Å². The summed E-state index contributed by atoms with van der Waals surface area (Å²) < 4.78 is 26.7. The van der Waals surface area contributed by atoms with Crippen LogP contribution in [0.15, 0.2) is 48.8 Å². The number of pyridine rings is 1. The molecule has 1 aromatic carbocycles. The number of imidazole rings is 1. The molecular formula is C24H28N4O4S. The number of hydrogen-bond acceptors (Lipinski definition) is 5. The van der Waals surface area contributed by atoms with E-state index in [0.29, 0.717) is 29.2 Å². The molecule has 1 N–H and O–H groups in total. The number of thiol groups is 1. The first-order chi connectivity index (χ1) is 15.8. The second-order valence-electron chi connectivity index (χ2n) is 8.65. The highest BCUT2D eigenvalue weighted by Crippen LogP contribution is 2.37. The molecule has 0 radical (unpaired) electrons. The van der Waals surface area contributed by atoms with Crippen LogP contribution in [0.1, 0.15) is 49.4 Å². The lowest BCUT2D eigenvalue weighted by molar-refractivity contribution is -0.138. The molecule has 1 aliphatic carbocycles. The first-order valence-electron chi connectivity index (χ1n) is 11.0. The maximum absolute atomic E-state index is 11.9. The normalized spacial score (nSPS) is 18.4. The summed E-state index contributed by atoms with van der Waals surface area (Å²) in [6, 6.07) is 11.8. The fourth-order valence-electron chi connectivity index (χ4n) is 4.51. The van der Waals surface area contributed by atoms with Gasteiger partial charge in [0, 0.05) is 25.2 Å². The van der Waals surface area contributed by atoms with Crippen molar-refractivity contribution in [1.82, 2.24) is 14.5 Å². The summed E-state index contributed by atoms with van der Waals surface area (Å²) >= 11 is 0. The Bertz CT molecular complexity index is 1170. The van der Waals surface area contributed by atoms with E-state index in [1.807, 2.05) is 32.2 Å². The lowest BCUT2D eigenvalue weighted by Crippen LogP contribution is -2.16. The molecular weight excluding hydrogens is 440 g/mol. The molecule has 4 rings (SSSR count). The molecule has 0 unspecified atom stereocenters. The number of carboxylic acid groups (broad SMARTS) is 1. The molecule has 8 nitrogen and oxygen atoms in total. The van der Waals surface area contributed by atoms with Gasteiger partial charge in [-0.05, 0) is 62.1 Å². The summed E-state index contributed by atoms with van der Waals surface area (Å²) in [5, 5.41) is 8.99. The van der Waals surface area contributed by atoms with E-state index in [-0.39, 0.29) is 6.42 Å². The molecule has 1 fully saturated rings. The number of rotatable bonds is 7. The Morgan fingerprint density at radius 1 is 1.12 bits per heavy atom. The van der Waals surface area contributed by atoms with Gasteiger partial charge in [0.2, 0.25) is 10.9 Å². The van der Waals surface area contributed by atoms with Crippen LogP contribution in [0, 0.1) is 12.8 Å². The van der Waals surface area contributed by atoms with Crippen molar-refractivity contribution in [3.05, 3.63) is 60.2 Å². The number of aromatic nitrogens is 3. The Labute approximate surface area is 195 Å². The zero-order valence-electron chi connectivity index (χ0n) is 18.7. The molecule has 9 heteroatoms. The van der Waals surface area contributed by atoms with Crippen molar-refractivity contribution in [2.75, 3.05) is 4.31 Å². The number of carbonyl (C=O) groups is 1. The summed E-state index contributed by atoms with van der Waals surface area (Å²) in [6.45, 7) is 1.81. The van der Waals surface area contributed by atoms with Gasteiger partial charge < -0.3 is 9.67 Å². The highest BCUT2D eigenvalue weighted by Gasteiger charge is 2.24. The summed E-state index contributed by atoms with van der Waals surface area (Å²) in [5.74, 6) is 1.10. The van der Waals surface area contributed by atoms with Gasteiger partial charge in [-0.2, -0.15) is 0 Å². The molecule has 0 spiro atoms. The molecule has 3 aromatic rings. The minimum Gasteiger partial charge on any atom is -0.481 e. The predicted octanol–water partition coefficient (Wildman–Crippen LogP) is 4.20. The van der Waals surface area contributed by atoms with E-state index < -0.39 is 16.9 Å². The van der Waals surface area contributed by atoms with Gasteiger partial charge in [-0.1, -0.05) is 24.3 Å². The highest BCUT2D eigenvalue weighted by atomic mass is 32.2. The Hall–Kier alpha value is -3.20. The minimum absolute atomic E-state index is 0.269. The average molecular weight is 469 g/mol. The SMILES string of the molecule is Cc1nc(N(c2ccc(-c3ccc(C4CCC(CC(=O)O)CC4)cc3)nc2)[SH](=O)=O)cn1C. The van der Waals surface area contributed by atoms with Crippen molar-refractivity contribution < 1.29 is 18.3 Å². The van der Waals surface area contributed by atoms with Crippen LogP contribution in [-0.4, -0.2) is 34.0 Å². The van der Waals surface area contributed by atoms with Crippen LogP contribution in [0.25, 0.3) is 11.3 Å². The second-order valence-corrected chi connectivity index (χ2v) is 9.52. The molecule has 0 saturated heterocycles. The van der Waals surface area contributed by atoms with Crippen molar-refractivity contribution in [1.29, 1.82) is 0 Å². The van der Waals surface area contributed by atoms with Crippen LogP contribution in [0.2, 0.25) is 0 Å². The number of nitrogens with zero attached hydrogens (tertiary/aromatic N) is 4. The third-order valence-corrected chi connectivity index (χ3v) is 7.22. The third-order valence-electron chi connectivity index (χ3n) is 6.46. The van der Waals surface area contributed by atoms with Gasteiger partial charge >= 0.3 is 5.97 Å². The van der Waals surface area contributed by atoms with Crippen LogP contribution >= 0.6 is 0 Å². The smallest absolute Gasteiger partial charge is 0.303 e. The summed E-state index contributed by atoms with van der Waals surface area (Å²) in [5.41, 5.74) is 3.41. The van der Waals surface area contributed by atoms with Crippen molar-refractivity contribution in [3.63, 3.8) is 0 Å². The van der Waals surface area contributed by atoms with Gasteiger partial charge in [0.1, 0.15) is 5.82 Å². The molecule has 0 aliphatic heterocycles. The number of aliphatic carboxylic acids is 1. The van der Waals surface area contributed by atoms with E-state index >= 15 is 0 Å². The summed E-state index contributed by atoms with van der Waals surface area (Å²) in [4.78, 5) is 19.7. The molecule has 1 saturated carbocycles. The fourth-order valence-corrected chi connectivity index (χ4v) is 5.08. The van der Waals surface area contributed by atoms with Crippen molar-refractivity contribution in [3.8, 4) is 11.3 Å². The number of carboxylic acids is 1. The number of aryl methyl sites for hydroxylation is 2. The van der Waals surface area contributed by atoms with E-state index in [2.05, 4.69) is 22.1 Å². The van der Waals surface area contributed by atoms with Gasteiger partial charge in [0.25, 0.3) is 0 Å². The molecule has 33 heavy (non-hydrogen) atoms. The highest BCUT2D eigenvalue weighted by molar-refractivity contribution is 7.74. The quantitative estimate of drug-likeness (QED) is 0.504. The molecule has 0 atom stereocenters. The van der Waals surface area contributed by atoms with Crippen LogP contribution in [0.3, 0.4) is 0 Å². The average Bonchev–Trinajstić information content (AvgIpc) is 3.12. The predicted molar refractivity (Wildman–Crippen MR) is 127 cm³/mol. The molecule has 2 aromatic heterocycles. The van der Waals surface area contributed by atoms with Crippen LogP contribution in [0.5, 0.6) is 0 Å². The van der Waals surface area contributed by atoms with E-state index in [4.69, 9.17) is 5.11 Å². The molecule has 0 amide bonds. The monoisotopic (exact) mass is 468 g/mol. The molecule has 2 heterocycles. The Morgan fingerprint density at radius 2 is 1.82 bits per heavy atom. The summed E-state index contributed by atoms with van der Waals surface area (Å²) in [7, 11) is -1.10. The third kappa shape index (κ3) is 5.24. The number of hydrogen-bond donors (Lipinski definition) is 2. The van der Waals surface area contributed by atoms with E-state index in [1.54, 1.807) is 23.0 Å². The molecule has 1 aliphatic rings. The number of anilines is 2. The number of benzene rings is 1. The second kappa shape index (κ2) is 9.74. The Kier molecular flexibility index (Phi) is 6.78. The first-order valence-corrected chi connectivity index (χ1v) is 12.2. The Morgan fingerprint density at radius 3 is 2.33 bits per heavy atom. The maximum Gasteiger partial charge on any atom is 0.303 e. The zero-order chi connectivity index (χ0) is 23.5. The lowest BCUT2D eigenvalue weighted by atomic mass is 9.77. The first kappa shape index (κ1) is 23.0. The van der Waals surface area contributed by atoms with Gasteiger partial charge in [0.05, 0.1) is 17.6 Å². The Balaban J connectivity index is 1.46. The van der Waals surface area contributed by atoms with E-state index in [1.165, 1.54) is 5.56 Å². The standard InChI is InChI=1S/C24H28N4O4S/c1-16-26-23(15-27(16)2)28(33(31)32)21-11-12-22(25-14-21)20-9-7-19(8-10-20)18-5-3-17(4-6-18)13-24(29)30/h7-12,14-15,17-18,33H,3-6,13H2,1-2H3,(H,29,30). The fraction of sp³-hybridized carbons (Fsp3) is 0.375. The van der Waals surface area contributed by atoms with Gasteiger partial charge in [-0.25, -0.2) is 17.7 Å².